The molecule has 0 aliphatic carbocycles. The van der Waals surface area contributed by atoms with Gasteiger partial charge in [-0.2, -0.15) is 0 Å². The number of imidazole rings is 1. The van der Waals surface area contributed by atoms with Crippen molar-refractivity contribution < 1.29 is 9.13 Å². The number of hydrogen-bond donors (Lipinski definition) is 2. The number of amidine groups is 1. The summed E-state index contributed by atoms with van der Waals surface area (Å²) >= 11 is 0. The summed E-state index contributed by atoms with van der Waals surface area (Å²) in [6, 6.07) is 6.50. The van der Waals surface area contributed by atoms with Crippen LogP contribution in [0.25, 0.3) is 17.5 Å². The Morgan fingerprint density at radius 3 is 2.95 bits per heavy atom. The Morgan fingerprint density at radius 2 is 2.10 bits per heavy atom. The normalized spacial score (nSPS) is 24.9. The summed E-state index contributed by atoms with van der Waals surface area (Å²) in [5.74, 6) is 1.66. The number of nitrogens with zero attached hydrogens (tertiary/aromatic N) is 5. The van der Waals surface area contributed by atoms with Gasteiger partial charge in [0.15, 0.2) is 0 Å². The highest BCUT2D eigenvalue weighted by atomic mass is 19.1. The predicted octanol–water partition coefficient (Wildman–Crippen LogP) is 4.82. The second kappa shape index (κ2) is 12.5. The Labute approximate surface area is 230 Å². The minimum absolute atomic E-state index is 0.132. The lowest BCUT2D eigenvalue weighted by molar-refractivity contribution is -0.0309. The SMILES string of the molecule is C=C/C=C\C(F)=C/C1CCCN1C(=N)/C=C\c1ncc(-c2cccc(N3CC[C@H](N4CCO[C@H](C)C4)C3)n2)[nH]1. The molecule has 3 atom stereocenters. The second-order valence-electron chi connectivity index (χ2n) is 10.4. The van der Waals surface area contributed by atoms with Crippen LogP contribution in [0.5, 0.6) is 0 Å². The van der Waals surface area contributed by atoms with Gasteiger partial charge >= 0.3 is 0 Å². The fourth-order valence-electron chi connectivity index (χ4n) is 5.64. The van der Waals surface area contributed by atoms with E-state index in [0.29, 0.717) is 23.8 Å². The van der Waals surface area contributed by atoms with Crippen molar-refractivity contribution in [2.75, 3.05) is 44.2 Å². The number of morpholine rings is 1. The molecule has 0 saturated carbocycles. The van der Waals surface area contributed by atoms with Crippen molar-refractivity contribution in [2.45, 2.75) is 44.4 Å². The van der Waals surface area contributed by atoms with E-state index in [1.807, 2.05) is 17.0 Å². The molecule has 9 heteroatoms. The molecule has 0 aromatic carbocycles. The molecule has 5 rings (SSSR count). The van der Waals surface area contributed by atoms with E-state index in [0.717, 1.165) is 75.8 Å². The quantitative estimate of drug-likeness (QED) is 0.289. The molecule has 0 radical (unpaired) electrons. The molecule has 3 fully saturated rings. The first-order chi connectivity index (χ1) is 19.0. The Hall–Kier alpha value is -3.56. The van der Waals surface area contributed by atoms with Crippen LogP contribution in [0.4, 0.5) is 10.2 Å². The first kappa shape index (κ1) is 27.0. The van der Waals surface area contributed by atoms with Gasteiger partial charge in [0.05, 0.1) is 36.3 Å². The minimum atomic E-state index is -0.311. The third-order valence-electron chi connectivity index (χ3n) is 7.63. The van der Waals surface area contributed by atoms with Gasteiger partial charge in [-0.3, -0.25) is 10.3 Å². The van der Waals surface area contributed by atoms with E-state index in [9.17, 15) is 4.39 Å². The summed E-state index contributed by atoms with van der Waals surface area (Å²) in [6.45, 7) is 11.2. The maximum atomic E-state index is 14.1. The Kier molecular flexibility index (Phi) is 8.68. The molecule has 0 bridgehead atoms. The highest BCUT2D eigenvalue weighted by molar-refractivity contribution is 5.94. The molecule has 0 amide bonds. The predicted molar refractivity (Wildman–Crippen MR) is 154 cm³/mol. The lowest BCUT2D eigenvalue weighted by Crippen LogP contribution is -2.47. The first-order valence-corrected chi connectivity index (χ1v) is 13.8. The zero-order valence-electron chi connectivity index (χ0n) is 22.6. The maximum Gasteiger partial charge on any atom is 0.130 e. The molecule has 0 spiro atoms. The third-order valence-corrected chi connectivity index (χ3v) is 7.63. The van der Waals surface area contributed by atoms with E-state index in [4.69, 9.17) is 15.1 Å². The molecule has 8 nitrogen and oxygen atoms in total. The van der Waals surface area contributed by atoms with Crippen molar-refractivity contribution >= 4 is 17.7 Å². The summed E-state index contributed by atoms with van der Waals surface area (Å²) in [7, 11) is 0. The van der Waals surface area contributed by atoms with Gasteiger partial charge in [0.2, 0.25) is 0 Å². The van der Waals surface area contributed by atoms with E-state index in [1.54, 1.807) is 36.6 Å². The van der Waals surface area contributed by atoms with Crippen molar-refractivity contribution in [1.29, 1.82) is 5.41 Å². The number of aromatic amines is 1. The van der Waals surface area contributed by atoms with E-state index in [2.05, 4.69) is 39.3 Å². The van der Waals surface area contributed by atoms with E-state index >= 15 is 0 Å². The van der Waals surface area contributed by atoms with E-state index < -0.39 is 0 Å². The van der Waals surface area contributed by atoms with Crippen LogP contribution < -0.4 is 4.90 Å². The van der Waals surface area contributed by atoms with Gasteiger partial charge in [0.25, 0.3) is 0 Å². The maximum absolute atomic E-state index is 14.1. The lowest BCUT2D eigenvalue weighted by Gasteiger charge is -2.35. The van der Waals surface area contributed by atoms with Gasteiger partial charge in [0, 0.05) is 38.8 Å². The van der Waals surface area contributed by atoms with Crippen molar-refractivity contribution in [3.05, 3.63) is 73.0 Å². The largest absolute Gasteiger partial charge is 0.376 e. The van der Waals surface area contributed by atoms with Crippen LogP contribution in [0.15, 0.2) is 67.2 Å². The van der Waals surface area contributed by atoms with Crippen molar-refractivity contribution in [3.8, 4) is 11.4 Å². The highest BCUT2D eigenvalue weighted by Gasteiger charge is 2.31. The van der Waals surface area contributed by atoms with Crippen LogP contribution >= 0.6 is 0 Å². The number of H-pyrrole nitrogens is 1. The monoisotopic (exact) mass is 531 g/mol. The number of pyridine rings is 1. The Morgan fingerprint density at radius 1 is 1.21 bits per heavy atom. The fraction of sp³-hybridized carbons (Fsp3) is 0.433. The summed E-state index contributed by atoms with van der Waals surface area (Å²) in [4.78, 5) is 19.6. The first-order valence-electron chi connectivity index (χ1n) is 13.8. The number of allylic oxidation sites excluding steroid dienone is 4. The van der Waals surface area contributed by atoms with Crippen LogP contribution in [0.2, 0.25) is 0 Å². The van der Waals surface area contributed by atoms with Gasteiger partial charge in [-0.15, -0.1) is 0 Å². The fourth-order valence-corrected chi connectivity index (χ4v) is 5.64. The minimum Gasteiger partial charge on any atom is -0.376 e. The summed E-state index contributed by atoms with van der Waals surface area (Å²) < 4.78 is 19.8. The molecule has 39 heavy (non-hydrogen) atoms. The molecular formula is C30H38FN7O. The molecule has 2 aromatic rings. The lowest BCUT2D eigenvalue weighted by atomic mass is 10.2. The topological polar surface area (TPSA) is 84.4 Å². The van der Waals surface area contributed by atoms with Crippen molar-refractivity contribution in [1.82, 2.24) is 24.8 Å². The smallest absolute Gasteiger partial charge is 0.130 e. The Bertz CT molecular complexity index is 1250. The highest BCUT2D eigenvalue weighted by Crippen LogP contribution is 2.26. The standard InChI is InChI=1S/C30H38FN7O/c1-3-4-7-23(31)18-24-8-6-14-38(24)28(32)11-12-29-33-19-27(34-29)26-9-5-10-30(35-26)37-15-13-25(21-37)36-16-17-39-22(2)20-36/h3-5,7,9-12,18-19,22,24-25,32H,1,6,8,13-17,20-21H2,2H3,(H,33,34)/b7-4-,12-11-,23-18+,32-28?/t22-,24?,25+/m1/s1. The summed E-state index contributed by atoms with van der Waals surface area (Å²) in [5, 5.41) is 8.53. The number of ether oxygens (including phenoxy) is 1. The number of aromatic nitrogens is 3. The van der Waals surface area contributed by atoms with Crippen molar-refractivity contribution in [2.24, 2.45) is 0 Å². The average Bonchev–Trinajstić information content (AvgIpc) is 3.72. The van der Waals surface area contributed by atoms with Gasteiger partial charge in [-0.05, 0) is 62.6 Å². The second-order valence-corrected chi connectivity index (χ2v) is 10.4. The number of nitrogens with one attached hydrogen (secondary N) is 2. The molecule has 5 heterocycles. The van der Waals surface area contributed by atoms with E-state index in [-0.39, 0.29) is 11.9 Å². The van der Waals surface area contributed by atoms with Gasteiger partial charge in [-0.25, -0.2) is 14.4 Å². The molecule has 2 aromatic heterocycles. The number of anilines is 1. The molecule has 206 valence electrons. The molecule has 3 aliphatic heterocycles. The average molecular weight is 532 g/mol. The van der Waals surface area contributed by atoms with Crippen LogP contribution in [0.1, 0.15) is 32.0 Å². The van der Waals surface area contributed by atoms with Gasteiger partial charge in [0.1, 0.15) is 23.3 Å². The van der Waals surface area contributed by atoms with Crippen LogP contribution in [-0.4, -0.2) is 88.1 Å². The van der Waals surface area contributed by atoms with Gasteiger partial charge in [-0.1, -0.05) is 24.8 Å². The molecular weight excluding hydrogens is 493 g/mol. The summed E-state index contributed by atoms with van der Waals surface area (Å²) in [5.41, 5.74) is 1.67. The number of hydrogen-bond acceptors (Lipinski definition) is 6. The van der Waals surface area contributed by atoms with Crippen LogP contribution in [0.3, 0.4) is 0 Å². The zero-order valence-corrected chi connectivity index (χ0v) is 22.6. The molecule has 3 aliphatic rings. The third kappa shape index (κ3) is 6.72. The molecule has 1 unspecified atom stereocenters. The van der Waals surface area contributed by atoms with Crippen LogP contribution in [0, 0.1) is 5.41 Å². The van der Waals surface area contributed by atoms with Gasteiger partial charge < -0.3 is 19.5 Å². The van der Waals surface area contributed by atoms with Crippen LogP contribution in [-0.2, 0) is 4.74 Å². The number of rotatable bonds is 8. The van der Waals surface area contributed by atoms with Crippen molar-refractivity contribution in [3.63, 3.8) is 0 Å². The number of likely N-dealkylation sites (tertiary alicyclic amines) is 1. The Balaban J connectivity index is 1.21. The summed E-state index contributed by atoms with van der Waals surface area (Å²) in [6.07, 6.45) is 14.5. The molecule has 2 N–H and O–H groups in total. The number of halogens is 1. The van der Waals surface area contributed by atoms with E-state index in [1.165, 1.54) is 6.08 Å². The zero-order chi connectivity index (χ0) is 27.2. The molecule has 3 saturated heterocycles.